The van der Waals surface area contributed by atoms with Crippen molar-refractivity contribution < 1.29 is 4.74 Å². The Balaban J connectivity index is 1.74. The maximum atomic E-state index is 5.90. The van der Waals surface area contributed by atoms with E-state index in [9.17, 15) is 0 Å². The third-order valence-corrected chi connectivity index (χ3v) is 4.60. The molecule has 1 spiro atoms. The van der Waals surface area contributed by atoms with Crippen LogP contribution < -0.4 is 0 Å². The Morgan fingerprint density at radius 3 is 2.62 bits per heavy atom. The van der Waals surface area contributed by atoms with Crippen LogP contribution in [0.4, 0.5) is 0 Å². The zero-order valence-electron chi connectivity index (χ0n) is 9.58. The van der Waals surface area contributed by atoms with Gasteiger partial charge in [-0.15, -0.1) is 0 Å². The number of ether oxygens (including phenoxy) is 1. The van der Waals surface area contributed by atoms with E-state index in [0.29, 0.717) is 5.92 Å². The van der Waals surface area contributed by atoms with Gasteiger partial charge in [0.25, 0.3) is 0 Å². The van der Waals surface area contributed by atoms with E-state index >= 15 is 0 Å². The second kappa shape index (κ2) is 3.75. The molecule has 1 aromatic carbocycles. The Kier molecular flexibility index (Phi) is 2.49. The summed E-state index contributed by atoms with van der Waals surface area (Å²) >= 11 is 5.90. The van der Waals surface area contributed by atoms with Gasteiger partial charge in [0.1, 0.15) is 0 Å². The van der Waals surface area contributed by atoms with Gasteiger partial charge in [-0.05, 0) is 48.8 Å². The van der Waals surface area contributed by atoms with Crippen LogP contribution in [0.2, 0.25) is 5.02 Å². The quantitative estimate of drug-likeness (QED) is 0.714. The summed E-state index contributed by atoms with van der Waals surface area (Å²) in [5.74, 6) is 1.45. The number of hydrogen-bond acceptors (Lipinski definition) is 1. The van der Waals surface area contributed by atoms with Crippen molar-refractivity contribution in [1.82, 2.24) is 0 Å². The molecule has 3 unspecified atom stereocenters. The molecule has 0 N–H and O–H groups in total. The lowest BCUT2D eigenvalue weighted by atomic mass is 9.86. The molecule has 1 saturated carbocycles. The molecule has 0 amide bonds. The molecule has 2 aliphatic rings. The molecule has 0 aromatic heterocycles. The summed E-state index contributed by atoms with van der Waals surface area (Å²) in [7, 11) is 0. The molecular formula is C14H17ClO. The standard InChI is InChI=1S/C14H17ClO/c1-10-2-5-12(14(10)9-16-14)8-11-3-6-13(15)7-4-11/h3-4,6-7,10,12H,2,5,8-9H2,1H3. The van der Waals surface area contributed by atoms with Crippen molar-refractivity contribution in [3.05, 3.63) is 34.9 Å². The van der Waals surface area contributed by atoms with Crippen LogP contribution in [0.5, 0.6) is 0 Å². The maximum Gasteiger partial charge on any atom is 0.0972 e. The topological polar surface area (TPSA) is 12.5 Å². The van der Waals surface area contributed by atoms with Crippen LogP contribution in [-0.2, 0) is 11.2 Å². The Morgan fingerprint density at radius 2 is 2.00 bits per heavy atom. The van der Waals surface area contributed by atoms with Crippen molar-refractivity contribution in [1.29, 1.82) is 0 Å². The second-order valence-corrected chi connectivity index (χ2v) is 5.69. The average Bonchev–Trinajstić information content (AvgIpc) is 3.02. The molecule has 0 bridgehead atoms. The molecule has 1 heterocycles. The van der Waals surface area contributed by atoms with Gasteiger partial charge in [-0.2, -0.15) is 0 Å². The van der Waals surface area contributed by atoms with Gasteiger partial charge in [0.05, 0.1) is 12.2 Å². The van der Waals surface area contributed by atoms with Gasteiger partial charge in [-0.25, -0.2) is 0 Å². The minimum absolute atomic E-state index is 0.236. The van der Waals surface area contributed by atoms with E-state index in [1.165, 1.54) is 18.4 Å². The molecule has 3 rings (SSSR count). The van der Waals surface area contributed by atoms with Crippen LogP contribution in [0.25, 0.3) is 0 Å². The van der Waals surface area contributed by atoms with Gasteiger partial charge in [-0.3, -0.25) is 0 Å². The molecule has 2 heteroatoms. The summed E-state index contributed by atoms with van der Waals surface area (Å²) in [6, 6.07) is 8.24. The maximum absolute atomic E-state index is 5.90. The van der Waals surface area contributed by atoms with Crippen molar-refractivity contribution in [3.63, 3.8) is 0 Å². The van der Waals surface area contributed by atoms with E-state index in [1.54, 1.807) is 0 Å². The van der Waals surface area contributed by atoms with Crippen LogP contribution in [-0.4, -0.2) is 12.2 Å². The summed E-state index contributed by atoms with van der Waals surface area (Å²) in [5, 5.41) is 0.820. The van der Waals surface area contributed by atoms with E-state index in [1.807, 2.05) is 12.1 Å². The minimum Gasteiger partial charge on any atom is -0.369 e. The number of hydrogen-bond donors (Lipinski definition) is 0. The molecule has 1 nitrogen and oxygen atoms in total. The van der Waals surface area contributed by atoms with Crippen molar-refractivity contribution in [2.24, 2.45) is 11.8 Å². The molecule has 1 saturated heterocycles. The molecule has 2 fully saturated rings. The first-order chi connectivity index (χ1) is 7.71. The lowest BCUT2D eigenvalue weighted by Gasteiger charge is -2.18. The Labute approximate surface area is 102 Å². The monoisotopic (exact) mass is 236 g/mol. The van der Waals surface area contributed by atoms with Crippen molar-refractivity contribution in [2.75, 3.05) is 6.61 Å². The van der Waals surface area contributed by atoms with Crippen LogP contribution in [0.15, 0.2) is 24.3 Å². The molecule has 3 atom stereocenters. The van der Waals surface area contributed by atoms with E-state index in [-0.39, 0.29) is 5.60 Å². The first kappa shape index (κ1) is 10.6. The SMILES string of the molecule is CC1CCC(Cc2ccc(Cl)cc2)C12CO2. The molecule has 86 valence electrons. The van der Waals surface area contributed by atoms with E-state index < -0.39 is 0 Å². The Morgan fingerprint density at radius 1 is 1.31 bits per heavy atom. The molecule has 16 heavy (non-hydrogen) atoms. The Bertz CT molecular complexity index is 380. The van der Waals surface area contributed by atoms with Crippen molar-refractivity contribution in [3.8, 4) is 0 Å². The average molecular weight is 237 g/mol. The number of halogens is 1. The third-order valence-electron chi connectivity index (χ3n) is 4.35. The number of rotatable bonds is 2. The molecular weight excluding hydrogens is 220 g/mol. The summed E-state index contributed by atoms with van der Waals surface area (Å²) < 4.78 is 5.75. The summed E-state index contributed by atoms with van der Waals surface area (Å²) in [6.07, 6.45) is 3.77. The van der Waals surface area contributed by atoms with E-state index in [0.717, 1.165) is 24.0 Å². The predicted octanol–water partition coefficient (Wildman–Crippen LogP) is 3.70. The summed E-state index contributed by atoms with van der Waals surface area (Å²) in [4.78, 5) is 0. The number of epoxide rings is 1. The molecule has 0 radical (unpaired) electrons. The van der Waals surface area contributed by atoms with Crippen LogP contribution in [0.1, 0.15) is 25.3 Å². The highest BCUT2D eigenvalue weighted by molar-refractivity contribution is 6.30. The minimum atomic E-state index is 0.236. The highest BCUT2D eigenvalue weighted by atomic mass is 35.5. The largest absolute Gasteiger partial charge is 0.369 e. The fraction of sp³-hybridized carbons (Fsp3) is 0.571. The lowest BCUT2D eigenvalue weighted by Crippen LogP contribution is -2.25. The zero-order chi connectivity index (χ0) is 11.2. The lowest BCUT2D eigenvalue weighted by molar-refractivity contribution is 0.204. The summed E-state index contributed by atoms with van der Waals surface area (Å²) in [5.41, 5.74) is 1.62. The smallest absolute Gasteiger partial charge is 0.0972 e. The van der Waals surface area contributed by atoms with Gasteiger partial charge in [0.2, 0.25) is 0 Å². The Hall–Kier alpha value is -0.530. The number of benzene rings is 1. The van der Waals surface area contributed by atoms with Crippen molar-refractivity contribution in [2.45, 2.75) is 31.8 Å². The van der Waals surface area contributed by atoms with Gasteiger partial charge < -0.3 is 4.74 Å². The van der Waals surface area contributed by atoms with Gasteiger partial charge >= 0.3 is 0 Å². The highest BCUT2D eigenvalue weighted by Crippen LogP contribution is 2.52. The normalized spacial score (nSPS) is 36.9. The fourth-order valence-corrected chi connectivity index (χ4v) is 3.25. The third kappa shape index (κ3) is 1.66. The fourth-order valence-electron chi connectivity index (χ4n) is 3.13. The summed E-state index contributed by atoms with van der Waals surface area (Å²) in [6.45, 7) is 3.31. The van der Waals surface area contributed by atoms with E-state index in [2.05, 4.69) is 19.1 Å². The molecule has 1 aromatic rings. The molecule has 1 aliphatic heterocycles. The van der Waals surface area contributed by atoms with Gasteiger partial charge in [-0.1, -0.05) is 30.7 Å². The first-order valence-electron chi connectivity index (χ1n) is 6.09. The predicted molar refractivity (Wildman–Crippen MR) is 65.7 cm³/mol. The van der Waals surface area contributed by atoms with Crippen LogP contribution in [0, 0.1) is 11.8 Å². The van der Waals surface area contributed by atoms with Crippen LogP contribution >= 0.6 is 11.6 Å². The van der Waals surface area contributed by atoms with Crippen LogP contribution in [0.3, 0.4) is 0 Å². The second-order valence-electron chi connectivity index (χ2n) is 5.25. The highest BCUT2D eigenvalue weighted by Gasteiger charge is 2.58. The van der Waals surface area contributed by atoms with Gasteiger partial charge in [0, 0.05) is 5.02 Å². The van der Waals surface area contributed by atoms with Gasteiger partial charge in [0.15, 0.2) is 0 Å². The van der Waals surface area contributed by atoms with E-state index in [4.69, 9.17) is 16.3 Å². The molecule has 1 aliphatic carbocycles. The zero-order valence-corrected chi connectivity index (χ0v) is 10.3. The first-order valence-corrected chi connectivity index (χ1v) is 6.47. The van der Waals surface area contributed by atoms with Crippen molar-refractivity contribution >= 4 is 11.6 Å².